The first-order valence-electron chi connectivity index (χ1n) is 10.5. The van der Waals surface area contributed by atoms with Gasteiger partial charge in [0, 0.05) is 11.1 Å². The molecule has 4 heteroatoms. The fraction of sp³-hybridized carbons (Fsp3) is 0.296. The standard InChI is InChI=1S/C27H32O4/c1-7-9-24-26(30-19(3)4)17-21(18-27(24)31-20(5)6)10-15-25(28)22-11-13-23(14-12-22)29-16-8-2/h7-8,10-15,17-20H,1-2,9,16H2,3-6H3/b15-10+. The molecule has 164 valence electrons. The Labute approximate surface area is 185 Å². The van der Waals surface area contributed by atoms with Gasteiger partial charge >= 0.3 is 0 Å². The number of ether oxygens (including phenoxy) is 3. The van der Waals surface area contributed by atoms with Crippen molar-refractivity contribution in [1.82, 2.24) is 0 Å². The molecular weight excluding hydrogens is 388 g/mol. The Bertz CT molecular complexity index is 890. The van der Waals surface area contributed by atoms with Gasteiger partial charge in [-0.05, 0) is 82.2 Å². The van der Waals surface area contributed by atoms with Crippen LogP contribution in [0.15, 0.2) is 67.8 Å². The third kappa shape index (κ3) is 7.49. The lowest BCUT2D eigenvalue weighted by Crippen LogP contribution is -2.11. The second kappa shape index (κ2) is 11.8. The van der Waals surface area contributed by atoms with E-state index in [0.29, 0.717) is 24.3 Å². The number of ketones is 1. The molecule has 0 N–H and O–H groups in total. The third-order valence-corrected chi connectivity index (χ3v) is 4.20. The molecule has 0 aliphatic heterocycles. The largest absolute Gasteiger partial charge is 0.491 e. The Hall–Kier alpha value is -3.27. The minimum atomic E-state index is -0.0944. The van der Waals surface area contributed by atoms with Crippen LogP contribution < -0.4 is 14.2 Å². The van der Waals surface area contributed by atoms with Crippen LogP contribution in [-0.4, -0.2) is 24.6 Å². The van der Waals surface area contributed by atoms with Crippen LogP contribution in [-0.2, 0) is 6.42 Å². The smallest absolute Gasteiger partial charge is 0.185 e. The van der Waals surface area contributed by atoms with Crippen molar-refractivity contribution in [3.63, 3.8) is 0 Å². The van der Waals surface area contributed by atoms with Crippen LogP contribution in [0.5, 0.6) is 17.2 Å². The van der Waals surface area contributed by atoms with Crippen LogP contribution >= 0.6 is 0 Å². The van der Waals surface area contributed by atoms with Gasteiger partial charge in [0.1, 0.15) is 23.9 Å². The molecule has 0 heterocycles. The van der Waals surface area contributed by atoms with Crippen LogP contribution in [0.1, 0.15) is 49.2 Å². The van der Waals surface area contributed by atoms with Crippen LogP contribution in [0.25, 0.3) is 6.08 Å². The summed E-state index contributed by atoms with van der Waals surface area (Å²) in [6.45, 7) is 15.8. The molecule has 0 aliphatic carbocycles. The van der Waals surface area contributed by atoms with Crippen molar-refractivity contribution in [2.45, 2.75) is 46.3 Å². The van der Waals surface area contributed by atoms with Gasteiger partial charge in [0.2, 0.25) is 0 Å². The van der Waals surface area contributed by atoms with Gasteiger partial charge in [-0.25, -0.2) is 0 Å². The van der Waals surface area contributed by atoms with Crippen LogP contribution in [0.2, 0.25) is 0 Å². The molecule has 4 nitrogen and oxygen atoms in total. The summed E-state index contributed by atoms with van der Waals surface area (Å²) < 4.78 is 17.5. The summed E-state index contributed by atoms with van der Waals surface area (Å²) in [7, 11) is 0. The first kappa shape index (κ1) is 24.0. The maximum absolute atomic E-state index is 12.6. The Kier molecular flexibility index (Phi) is 9.13. The first-order valence-corrected chi connectivity index (χ1v) is 10.5. The summed E-state index contributed by atoms with van der Waals surface area (Å²) in [6, 6.07) is 10.9. The van der Waals surface area contributed by atoms with Gasteiger partial charge < -0.3 is 14.2 Å². The van der Waals surface area contributed by atoms with Crippen molar-refractivity contribution in [3.05, 3.63) is 84.5 Å². The molecule has 0 fully saturated rings. The molecule has 2 rings (SSSR count). The second-order valence-electron chi connectivity index (χ2n) is 7.64. The number of carbonyl (C=O) groups excluding carboxylic acids is 1. The van der Waals surface area contributed by atoms with E-state index in [9.17, 15) is 4.79 Å². The molecule has 0 atom stereocenters. The maximum Gasteiger partial charge on any atom is 0.185 e. The Morgan fingerprint density at radius 2 is 1.52 bits per heavy atom. The Morgan fingerprint density at radius 1 is 0.935 bits per heavy atom. The van der Waals surface area contributed by atoms with Gasteiger partial charge in [-0.1, -0.05) is 24.8 Å². The maximum atomic E-state index is 12.6. The van der Waals surface area contributed by atoms with Crippen LogP contribution in [0.3, 0.4) is 0 Å². The lowest BCUT2D eigenvalue weighted by molar-refractivity contribution is 0.104. The van der Waals surface area contributed by atoms with E-state index < -0.39 is 0 Å². The number of hydrogen-bond acceptors (Lipinski definition) is 4. The minimum Gasteiger partial charge on any atom is -0.491 e. The van der Waals surface area contributed by atoms with E-state index in [4.69, 9.17) is 14.2 Å². The molecule has 0 radical (unpaired) electrons. The number of benzene rings is 2. The number of hydrogen-bond donors (Lipinski definition) is 0. The average Bonchev–Trinajstić information content (AvgIpc) is 2.72. The quantitative estimate of drug-likeness (QED) is 0.225. The summed E-state index contributed by atoms with van der Waals surface area (Å²) in [5.74, 6) is 2.08. The summed E-state index contributed by atoms with van der Waals surface area (Å²) in [4.78, 5) is 12.6. The highest BCUT2D eigenvalue weighted by molar-refractivity contribution is 6.06. The molecule has 0 bridgehead atoms. The molecule has 31 heavy (non-hydrogen) atoms. The summed E-state index contributed by atoms with van der Waals surface area (Å²) in [5.41, 5.74) is 2.37. The SMILES string of the molecule is C=CCOc1ccc(C(=O)/C=C/c2cc(OC(C)C)c(CC=C)c(OC(C)C)c2)cc1. The molecule has 0 aliphatic rings. The van der Waals surface area contributed by atoms with Crippen LogP contribution in [0, 0.1) is 0 Å². The molecule has 0 unspecified atom stereocenters. The van der Waals surface area contributed by atoms with Crippen LogP contribution in [0.4, 0.5) is 0 Å². The van der Waals surface area contributed by atoms with E-state index in [0.717, 1.165) is 22.6 Å². The number of allylic oxidation sites excluding steroid dienone is 2. The van der Waals surface area contributed by atoms with Crippen molar-refractivity contribution in [2.75, 3.05) is 6.61 Å². The van der Waals surface area contributed by atoms with E-state index in [2.05, 4.69) is 13.2 Å². The Balaban J connectivity index is 2.31. The average molecular weight is 421 g/mol. The van der Waals surface area contributed by atoms with E-state index in [1.165, 1.54) is 0 Å². The molecule has 0 spiro atoms. The van der Waals surface area contributed by atoms with Gasteiger partial charge in [-0.15, -0.1) is 6.58 Å². The summed E-state index contributed by atoms with van der Waals surface area (Å²) in [6.07, 6.45) is 7.50. The van der Waals surface area contributed by atoms with Crippen molar-refractivity contribution >= 4 is 11.9 Å². The lowest BCUT2D eigenvalue weighted by atomic mass is 10.0. The zero-order valence-electron chi connectivity index (χ0n) is 18.9. The summed E-state index contributed by atoms with van der Waals surface area (Å²) >= 11 is 0. The zero-order valence-corrected chi connectivity index (χ0v) is 18.9. The fourth-order valence-electron chi connectivity index (χ4n) is 2.94. The van der Waals surface area contributed by atoms with Gasteiger partial charge in [-0.2, -0.15) is 0 Å². The van der Waals surface area contributed by atoms with Gasteiger partial charge in [0.05, 0.1) is 12.2 Å². The number of carbonyl (C=O) groups is 1. The second-order valence-corrected chi connectivity index (χ2v) is 7.64. The normalized spacial score (nSPS) is 11.0. The van der Waals surface area contributed by atoms with Gasteiger partial charge in [0.15, 0.2) is 5.78 Å². The molecule has 0 amide bonds. The molecule has 0 aromatic heterocycles. The van der Waals surface area contributed by atoms with Crippen molar-refractivity contribution in [2.24, 2.45) is 0 Å². The van der Waals surface area contributed by atoms with E-state index in [1.807, 2.05) is 45.9 Å². The first-order chi connectivity index (χ1) is 14.8. The van der Waals surface area contributed by atoms with E-state index >= 15 is 0 Å². The highest BCUT2D eigenvalue weighted by atomic mass is 16.5. The molecule has 2 aromatic carbocycles. The predicted octanol–water partition coefficient (Wildman–Crippen LogP) is 6.45. The zero-order chi connectivity index (χ0) is 22.8. The van der Waals surface area contributed by atoms with Crippen molar-refractivity contribution in [3.8, 4) is 17.2 Å². The van der Waals surface area contributed by atoms with Gasteiger partial charge in [0.25, 0.3) is 0 Å². The number of rotatable bonds is 12. The van der Waals surface area contributed by atoms with Crippen molar-refractivity contribution < 1.29 is 19.0 Å². The Morgan fingerprint density at radius 3 is 2.00 bits per heavy atom. The molecule has 0 saturated carbocycles. The predicted molar refractivity (Wildman–Crippen MR) is 127 cm³/mol. The van der Waals surface area contributed by atoms with E-state index in [-0.39, 0.29) is 18.0 Å². The van der Waals surface area contributed by atoms with Crippen molar-refractivity contribution in [1.29, 1.82) is 0 Å². The third-order valence-electron chi connectivity index (χ3n) is 4.20. The monoisotopic (exact) mass is 420 g/mol. The topological polar surface area (TPSA) is 44.8 Å². The lowest BCUT2D eigenvalue weighted by Gasteiger charge is -2.20. The van der Waals surface area contributed by atoms with E-state index in [1.54, 1.807) is 42.5 Å². The molecule has 2 aromatic rings. The fourth-order valence-corrected chi connectivity index (χ4v) is 2.94. The summed E-state index contributed by atoms with van der Waals surface area (Å²) in [5, 5.41) is 0. The minimum absolute atomic E-state index is 0.0122. The highest BCUT2D eigenvalue weighted by Gasteiger charge is 2.14. The molecular formula is C27H32O4. The highest BCUT2D eigenvalue weighted by Crippen LogP contribution is 2.33. The van der Waals surface area contributed by atoms with Gasteiger partial charge in [-0.3, -0.25) is 4.79 Å². The molecule has 0 saturated heterocycles.